The summed E-state index contributed by atoms with van der Waals surface area (Å²) in [6.07, 6.45) is -4.40. The number of rotatable bonds is 4. The summed E-state index contributed by atoms with van der Waals surface area (Å²) < 4.78 is 48.4. The highest BCUT2D eigenvalue weighted by Crippen LogP contribution is 2.20. The van der Waals surface area contributed by atoms with Crippen molar-refractivity contribution in [3.05, 3.63) is 34.6 Å². The summed E-state index contributed by atoms with van der Waals surface area (Å²) in [7, 11) is 0. The van der Waals surface area contributed by atoms with Gasteiger partial charge in [-0.15, -0.1) is 0 Å². The van der Waals surface area contributed by atoms with E-state index in [1.807, 2.05) is 0 Å². The van der Waals surface area contributed by atoms with Crippen LogP contribution in [0.2, 0.25) is 5.02 Å². The fraction of sp³-hybridized carbons (Fsp3) is 0.400. The van der Waals surface area contributed by atoms with Crippen LogP contribution in [0, 0.1) is 5.82 Å². The molecule has 1 unspecified atom stereocenters. The van der Waals surface area contributed by atoms with Gasteiger partial charge in [-0.3, -0.25) is 4.84 Å². The topological polar surface area (TPSA) is 21.3 Å². The third-order valence-corrected chi connectivity index (χ3v) is 2.25. The summed E-state index contributed by atoms with van der Waals surface area (Å²) in [4.78, 5) is 4.25. The minimum atomic E-state index is -4.40. The maximum atomic E-state index is 13.1. The molecule has 1 aromatic rings. The predicted octanol–water partition coefficient (Wildman–Crippen LogP) is 3.62. The van der Waals surface area contributed by atoms with E-state index in [9.17, 15) is 17.6 Å². The van der Waals surface area contributed by atoms with Gasteiger partial charge < -0.3 is 0 Å². The molecule has 0 radical (unpaired) electrons. The molecule has 2 nitrogen and oxygen atoms in total. The second-order valence-corrected chi connectivity index (χ2v) is 3.82. The molecule has 0 fully saturated rings. The van der Waals surface area contributed by atoms with Gasteiger partial charge in [0.1, 0.15) is 5.82 Å². The van der Waals surface area contributed by atoms with Gasteiger partial charge in [0.05, 0.1) is 11.1 Å². The normalized spacial score (nSPS) is 13.8. The first kappa shape index (κ1) is 14.2. The Labute approximate surface area is 100 Å². The quantitative estimate of drug-likeness (QED) is 0.667. The Kier molecular flexibility index (Phi) is 4.73. The zero-order valence-corrected chi connectivity index (χ0v) is 9.57. The van der Waals surface area contributed by atoms with Crippen LogP contribution in [0.3, 0.4) is 0 Å². The largest absolute Gasteiger partial charge is 0.413 e. The van der Waals surface area contributed by atoms with E-state index in [4.69, 9.17) is 11.6 Å². The summed E-state index contributed by atoms with van der Waals surface area (Å²) in [6.45, 7) is 0.131. The van der Waals surface area contributed by atoms with Crippen LogP contribution in [-0.2, 0) is 4.84 Å². The van der Waals surface area contributed by atoms with Crippen LogP contribution in [0.1, 0.15) is 18.5 Å². The first-order valence-corrected chi connectivity index (χ1v) is 5.06. The molecule has 1 aromatic carbocycles. The number of hydrogen-bond donors (Lipinski definition) is 1. The average Bonchev–Trinajstić information content (AvgIpc) is 2.20. The lowest BCUT2D eigenvalue weighted by Crippen LogP contribution is -2.26. The highest BCUT2D eigenvalue weighted by atomic mass is 35.5. The third-order valence-electron chi connectivity index (χ3n) is 1.94. The number of alkyl halides is 3. The lowest BCUT2D eigenvalue weighted by molar-refractivity contribution is -0.192. The van der Waals surface area contributed by atoms with E-state index >= 15 is 0 Å². The summed E-state index contributed by atoms with van der Waals surface area (Å²) in [6, 6.07) is 3.38. The molecule has 1 atom stereocenters. The lowest BCUT2D eigenvalue weighted by Gasteiger charge is -2.15. The zero-order valence-electron chi connectivity index (χ0n) is 8.81. The first-order chi connectivity index (χ1) is 7.79. The SMILES string of the molecule is CC(NOCC(F)(F)F)c1ccc(Cl)c(F)c1. The molecule has 0 aromatic heterocycles. The molecule has 0 saturated heterocycles. The number of hydroxylamine groups is 1. The van der Waals surface area contributed by atoms with Crippen molar-refractivity contribution < 1.29 is 22.4 Å². The molecule has 0 bridgehead atoms. The maximum Gasteiger partial charge on any atom is 0.413 e. The smallest absolute Gasteiger partial charge is 0.292 e. The number of benzene rings is 1. The lowest BCUT2D eigenvalue weighted by atomic mass is 10.1. The van der Waals surface area contributed by atoms with E-state index in [1.54, 1.807) is 6.92 Å². The first-order valence-electron chi connectivity index (χ1n) is 4.68. The van der Waals surface area contributed by atoms with E-state index in [0.29, 0.717) is 5.56 Å². The Hall–Kier alpha value is -0.850. The number of nitrogens with one attached hydrogen (secondary N) is 1. The zero-order chi connectivity index (χ0) is 13.1. The van der Waals surface area contributed by atoms with Crippen LogP contribution in [0.15, 0.2) is 18.2 Å². The maximum absolute atomic E-state index is 13.1. The second kappa shape index (κ2) is 5.66. The molecule has 7 heteroatoms. The highest BCUT2D eigenvalue weighted by Gasteiger charge is 2.28. The molecule has 1 rings (SSSR count). The van der Waals surface area contributed by atoms with E-state index in [-0.39, 0.29) is 5.02 Å². The summed E-state index contributed by atoms with van der Waals surface area (Å²) in [5, 5.41) is -0.0443. The van der Waals surface area contributed by atoms with Crippen LogP contribution < -0.4 is 5.48 Å². The minimum Gasteiger partial charge on any atom is -0.292 e. The highest BCUT2D eigenvalue weighted by molar-refractivity contribution is 6.30. The fourth-order valence-corrected chi connectivity index (χ4v) is 1.22. The molecule has 0 saturated carbocycles. The van der Waals surface area contributed by atoms with Gasteiger partial charge >= 0.3 is 6.18 Å². The summed E-state index contributed by atoms with van der Waals surface area (Å²) in [5.41, 5.74) is 2.61. The fourth-order valence-electron chi connectivity index (χ4n) is 1.10. The van der Waals surface area contributed by atoms with Crippen molar-refractivity contribution in [2.45, 2.75) is 19.1 Å². The van der Waals surface area contributed by atoms with Crippen molar-refractivity contribution in [3.63, 3.8) is 0 Å². The summed E-state index contributed by atoms with van der Waals surface area (Å²) >= 11 is 5.47. The van der Waals surface area contributed by atoms with Gasteiger partial charge in [0, 0.05) is 0 Å². The van der Waals surface area contributed by atoms with Gasteiger partial charge in [-0.25, -0.2) is 4.39 Å². The van der Waals surface area contributed by atoms with E-state index < -0.39 is 24.6 Å². The van der Waals surface area contributed by atoms with Crippen LogP contribution >= 0.6 is 11.6 Å². The molecule has 0 aliphatic rings. The van der Waals surface area contributed by atoms with Crippen LogP contribution in [0.25, 0.3) is 0 Å². The molecular weight excluding hydrogens is 262 g/mol. The van der Waals surface area contributed by atoms with Crippen molar-refractivity contribution in [1.29, 1.82) is 0 Å². The second-order valence-electron chi connectivity index (χ2n) is 3.42. The monoisotopic (exact) mass is 271 g/mol. The summed E-state index contributed by atoms with van der Waals surface area (Å²) in [5.74, 6) is -0.631. The Morgan fingerprint density at radius 2 is 2.06 bits per heavy atom. The minimum absolute atomic E-state index is 0.0443. The molecule has 0 amide bonds. The molecule has 0 heterocycles. The Bertz CT molecular complexity index is 383. The molecule has 0 spiro atoms. The molecule has 1 N–H and O–H groups in total. The van der Waals surface area contributed by atoms with Crippen LogP contribution in [0.4, 0.5) is 17.6 Å². The standard InChI is InChI=1S/C10H10ClF4NO/c1-6(16-17-5-10(13,14)15)7-2-3-8(11)9(12)4-7/h2-4,6,16H,5H2,1H3. The predicted molar refractivity (Wildman–Crippen MR) is 55.0 cm³/mol. The van der Waals surface area contributed by atoms with Gasteiger partial charge in [0.2, 0.25) is 0 Å². The van der Waals surface area contributed by atoms with Crippen molar-refractivity contribution in [3.8, 4) is 0 Å². The van der Waals surface area contributed by atoms with Crippen molar-refractivity contribution >= 4 is 11.6 Å². The van der Waals surface area contributed by atoms with Crippen molar-refractivity contribution in [1.82, 2.24) is 5.48 Å². The van der Waals surface area contributed by atoms with E-state index in [1.165, 1.54) is 12.1 Å². The van der Waals surface area contributed by atoms with Crippen molar-refractivity contribution in [2.24, 2.45) is 0 Å². The number of hydrogen-bond acceptors (Lipinski definition) is 2. The molecule has 0 aliphatic carbocycles. The molecular formula is C10H10ClF4NO. The Balaban J connectivity index is 2.52. The van der Waals surface area contributed by atoms with Gasteiger partial charge in [-0.2, -0.15) is 18.7 Å². The van der Waals surface area contributed by atoms with Crippen molar-refractivity contribution in [2.75, 3.05) is 6.61 Å². The van der Waals surface area contributed by atoms with Crippen LogP contribution in [-0.4, -0.2) is 12.8 Å². The van der Waals surface area contributed by atoms with E-state index in [2.05, 4.69) is 10.3 Å². The van der Waals surface area contributed by atoms with Gasteiger partial charge in [0.15, 0.2) is 6.61 Å². The third kappa shape index (κ3) is 4.89. The average molecular weight is 272 g/mol. The Morgan fingerprint density at radius 1 is 1.41 bits per heavy atom. The van der Waals surface area contributed by atoms with Gasteiger partial charge in [0.25, 0.3) is 0 Å². The van der Waals surface area contributed by atoms with Crippen LogP contribution in [0.5, 0.6) is 0 Å². The van der Waals surface area contributed by atoms with Gasteiger partial charge in [-0.1, -0.05) is 17.7 Å². The number of halogens is 5. The molecule has 17 heavy (non-hydrogen) atoms. The van der Waals surface area contributed by atoms with Gasteiger partial charge in [-0.05, 0) is 24.6 Å². The molecule has 96 valence electrons. The Morgan fingerprint density at radius 3 is 2.59 bits per heavy atom. The van der Waals surface area contributed by atoms with E-state index in [0.717, 1.165) is 6.07 Å². The molecule has 0 aliphatic heterocycles.